The number of hydrogen-bond acceptors (Lipinski definition) is 8. The van der Waals surface area contributed by atoms with E-state index in [0.717, 1.165) is 11.3 Å². The number of hydrogen-bond donors (Lipinski definition) is 3. The minimum atomic E-state index is -0.625. The monoisotopic (exact) mass is 453 g/mol. The van der Waals surface area contributed by atoms with E-state index in [4.69, 9.17) is 19.9 Å². The fourth-order valence-corrected chi connectivity index (χ4v) is 4.22. The van der Waals surface area contributed by atoms with Gasteiger partial charge in [-0.1, -0.05) is 0 Å². The zero-order valence-corrected chi connectivity index (χ0v) is 18.3. The summed E-state index contributed by atoms with van der Waals surface area (Å²) in [6.07, 6.45) is 2.98. The Bertz CT molecular complexity index is 1250. The van der Waals surface area contributed by atoms with Crippen LogP contribution in [0.1, 0.15) is 18.9 Å². The number of benzene rings is 1. The molecule has 2 unspecified atom stereocenters. The topological polar surface area (TPSA) is 121 Å². The number of carbonyl (C=O) groups is 1. The van der Waals surface area contributed by atoms with E-state index in [0.29, 0.717) is 54.0 Å². The molecule has 9 nitrogen and oxygen atoms in total. The Balaban J connectivity index is 1.48. The predicted molar refractivity (Wildman–Crippen MR) is 121 cm³/mol. The minimum Gasteiger partial charge on any atom is -0.474 e. The van der Waals surface area contributed by atoms with Crippen LogP contribution in [0.5, 0.6) is 11.8 Å². The summed E-state index contributed by atoms with van der Waals surface area (Å²) in [4.78, 5) is 20.7. The number of amides is 1. The molecule has 4 heterocycles. The highest BCUT2D eigenvalue weighted by atomic mass is 19.1. The molecule has 2 atom stereocenters. The maximum absolute atomic E-state index is 15.3. The third-order valence-corrected chi connectivity index (χ3v) is 6.09. The fourth-order valence-electron chi connectivity index (χ4n) is 4.22. The van der Waals surface area contributed by atoms with Crippen LogP contribution >= 0.6 is 0 Å². The van der Waals surface area contributed by atoms with Crippen LogP contribution in [-0.4, -0.2) is 48.0 Å². The quantitative estimate of drug-likeness (QED) is 0.516. The first-order valence-corrected chi connectivity index (χ1v) is 10.8. The van der Waals surface area contributed by atoms with Crippen molar-refractivity contribution in [1.29, 1.82) is 0 Å². The molecule has 0 radical (unpaired) electrons. The number of halogens is 1. The average molecular weight is 453 g/mol. The maximum atomic E-state index is 15.3. The first-order chi connectivity index (χ1) is 15.9. The van der Waals surface area contributed by atoms with Crippen molar-refractivity contribution in [3.63, 3.8) is 0 Å². The van der Waals surface area contributed by atoms with Gasteiger partial charge in [0.2, 0.25) is 11.8 Å². The smallest absolute Gasteiger partial charge is 0.414 e. The molecule has 1 fully saturated rings. The van der Waals surface area contributed by atoms with Gasteiger partial charge in [-0.3, -0.25) is 0 Å². The molecule has 0 spiro atoms. The lowest BCUT2D eigenvalue weighted by atomic mass is 9.97. The molecule has 4 N–H and O–H groups in total. The van der Waals surface area contributed by atoms with E-state index >= 15 is 4.39 Å². The molecule has 5 rings (SSSR count). The second-order valence-corrected chi connectivity index (χ2v) is 8.15. The number of rotatable bonds is 3. The Hall–Kier alpha value is -3.66. The van der Waals surface area contributed by atoms with Gasteiger partial charge in [0.25, 0.3) is 0 Å². The van der Waals surface area contributed by atoms with Crippen LogP contribution in [0.2, 0.25) is 0 Å². The van der Waals surface area contributed by atoms with E-state index < -0.39 is 11.9 Å². The summed E-state index contributed by atoms with van der Waals surface area (Å²) in [7, 11) is 0. The average Bonchev–Trinajstić information content (AvgIpc) is 3.21. The second kappa shape index (κ2) is 8.36. The van der Waals surface area contributed by atoms with Gasteiger partial charge in [-0.2, -0.15) is 0 Å². The summed E-state index contributed by atoms with van der Waals surface area (Å²) in [6, 6.07) is 3.09. The lowest BCUT2D eigenvalue weighted by molar-refractivity contribution is 0.111. The van der Waals surface area contributed by atoms with E-state index in [1.54, 1.807) is 18.3 Å². The standard InChI is InChI=1S/C23H24FN5O4/c1-11-15(9-28-22-21(11)26-4-6-32-22)14-7-13-8-18(27-10-16(13)20(25)19(14)24)33-23(30)29-17-3-5-31-12(17)2/h7-10,12,17,26H,3-6,25H2,1-2H3,(H,29,30). The number of nitrogen functional groups attached to an aromatic ring is 1. The Morgan fingerprint density at radius 1 is 1.27 bits per heavy atom. The lowest BCUT2D eigenvalue weighted by Crippen LogP contribution is -2.40. The third kappa shape index (κ3) is 3.86. The molecule has 1 amide bonds. The number of anilines is 2. The summed E-state index contributed by atoms with van der Waals surface area (Å²) in [6.45, 7) is 5.51. The van der Waals surface area contributed by atoms with Crippen molar-refractivity contribution in [2.45, 2.75) is 32.4 Å². The van der Waals surface area contributed by atoms with Crippen molar-refractivity contribution < 1.29 is 23.4 Å². The first-order valence-electron chi connectivity index (χ1n) is 10.8. The number of nitrogens with zero attached hydrogens (tertiary/aromatic N) is 2. The van der Waals surface area contributed by atoms with Gasteiger partial charge in [0.1, 0.15) is 12.3 Å². The summed E-state index contributed by atoms with van der Waals surface area (Å²) in [5.74, 6) is 0.0101. The van der Waals surface area contributed by atoms with Gasteiger partial charge in [0.15, 0.2) is 5.82 Å². The van der Waals surface area contributed by atoms with Gasteiger partial charge in [-0.15, -0.1) is 0 Å². The Labute approximate surface area is 189 Å². The zero-order valence-electron chi connectivity index (χ0n) is 18.3. The van der Waals surface area contributed by atoms with Crippen LogP contribution in [0.15, 0.2) is 24.5 Å². The molecule has 33 heavy (non-hydrogen) atoms. The van der Waals surface area contributed by atoms with Gasteiger partial charge in [-0.05, 0) is 37.3 Å². The summed E-state index contributed by atoms with van der Waals surface area (Å²) in [5, 5.41) is 7.04. The minimum absolute atomic E-state index is 0.0377. The van der Waals surface area contributed by atoms with Gasteiger partial charge in [0, 0.05) is 48.1 Å². The number of carbonyl (C=O) groups excluding carboxylic acids is 1. The molecule has 0 bridgehead atoms. The van der Waals surface area contributed by atoms with E-state index in [1.165, 1.54) is 6.20 Å². The molecule has 2 aliphatic rings. The predicted octanol–water partition coefficient (Wildman–Crippen LogP) is 3.40. The number of pyridine rings is 2. The van der Waals surface area contributed by atoms with Crippen molar-refractivity contribution in [2.24, 2.45) is 0 Å². The first kappa shape index (κ1) is 21.2. The number of ether oxygens (including phenoxy) is 3. The van der Waals surface area contributed by atoms with Crippen molar-refractivity contribution >= 4 is 28.2 Å². The summed E-state index contributed by atoms with van der Waals surface area (Å²) >= 11 is 0. The van der Waals surface area contributed by atoms with Crippen LogP contribution in [-0.2, 0) is 4.74 Å². The third-order valence-electron chi connectivity index (χ3n) is 6.09. The van der Waals surface area contributed by atoms with Crippen LogP contribution in [0.4, 0.5) is 20.6 Å². The summed E-state index contributed by atoms with van der Waals surface area (Å²) in [5.41, 5.74) is 8.49. The zero-order chi connectivity index (χ0) is 23.1. The fraction of sp³-hybridized carbons (Fsp3) is 0.348. The van der Waals surface area contributed by atoms with Crippen LogP contribution in [0.3, 0.4) is 0 Å². The Morgan fingerprint density at radius 3 is 2.91 bits per heavy atom. The molecular formula is C23H24FN5O4. The number of nitrogens with two attached hydrogens (primary N) is 1. The molecule has 172 valence electrons. The van der Waals surface area contributed by atoms with Crippen LogP contribution < -0.4 is 25.8 Å². The number of aromatic nitrogens is 2. The van der Waals surface area contributed by atoms with Crippen molar-refractivity contribution in [1.82, 2.24) is 15.3 Å². The van der Waals surface area contributed by atoms with Crippen molar-refractivity contribution in [2.75, 3.05) is 30.8 Å². The lowest BCUT2D eigenvalue weighted by Gasteiger charge is -2.22. The van der Waals surface area contributed by atoms with E-state index in [1.807, 2.05) is 13.8 Å². The van der Waals surface area contributed by atoms with Crippen molar-refractivity contribution in [3.05, 3.63) is 35.9 Å². The molecule has 10 heteroatoms. The molecule has 2 aromatic heterocycles. The van der Waals surface area contributed by atoms with E-state index in [-0.39, 0.29) is 23.7 Å². The molecular weight excluding hydrogens is 429 g/mol. The molecule has 0 aliphatic carbocycles. The Morgan fingerprint density at radius 2 is 2.12 bits per heavy atom. The normalized spacial score (nSPS) is 19.5. The molecule has 3 aromatic rings. The molecule has 1 aromatic carbocycles. The number of nitrogens with one attached hydrogen (secondary N) is 2. The highest BCUT2D eigenvalue weighted by Crippen LogP contribution is 2.39. The van der Waals surface area contributed by atoms with E-state index in [2.05, 4.69) is 20.6 Å². The highest BCUT2D eigenvalue weighted by Gasteiger charge is 2.27. The van der Waals surface area contributed by atoms with Gasteiger partial charge in [0.05, 0.1) is 17.8 Å². The highest BCUT2D eigenvalue weighted by molar-refractivity contribution is 5.98. The van der Waals surface area contributed by atoms with Gasteiger partial charge in [-0.25, -0.2) is 19.2 Å². The Kier molecular flexibility index (Phi) is 5.37. The molecule has 0 saturated carbocycles. The van der Waals surface area contributed by atoms with Crippen LogP contribution in [0, 0.1) is 12.7 Å². The van der Waals surface area contributed by atoms with Crippen molar-refractivity contribution in [3.8, 4) is 22.9 Å². The van der Waals surface area contributed by atoms with Crippen LogP contribution in [0.25, 0.3) is 21.9 Å². The molecule has 2 aliphatic heterocycles. The van der Waals surface area contributed by atoms with Gasteiger partial charge < -0.3 is 30.6 Å². The second-order valence-electron chi connectivity index (χ2n) is 8.15. The van der Waals surface area contributed by atoms with E-state index in [9.17, 15) is 4.79 Å². The maximum Gasteiger partial charge on any atom is 0.414 e. The molecule has 1 saturated heterocycles. The number of fused-ring (bicyclic) bond motifs is 2. The summed E-state index contributed by atoms with van der Waals surface area (Å²) < 4.78 is 31.6. The largest absolute Gasteiger partial charge is 0.474 e. The SMILES string of the molecule is Cc1c(-c2cc3cc(OC(=O)NC4CCOC4C)ncc3c(N)c2F)cnc2c1NCCO2. The van der Waals surface area contributed by atoms with Gasteiger partial charge >= 0.3 is 6.09 Å².